The fraction of sp³-hybridized carbons (Fsp3) is 0.250. The molecule has 1 aromatic carbocycles. The number of aryl methyl sites for hydroxylation is 2. The average molecular weight is 315 g/mol. The van der Waals surface area contributed by atoms with Crippen molar-refractivity contribution in [3.05, 3.63) is 49.6 Å². The molecule has 2 aromatic rings. The van der Waals surface area contributed by atoms with Crippen LogP contribution in [0.1, 0.15) is 27.2 Å². The summed E-state index contributed by atoms with van der Waals surface area (Å²) in [6.07, 6.45) is 0. The molecule has 1 heterocycles. The zero-order valence-corrected chi connectivity index (χ0v) is 11.9. The molecule has 0 aliphatic rings. The molecule has 0 aliphatic heterocycles. The Balaban J connectivity index is 2.39. The number of thiazole rings is 1. The normalized spacial score (nSPS) is 12.8. The second-order valence-corrected chi connectivity index (χ2v) is 5.93. The highest BCUT2D eigenvalue weighted by atomic mass is 79.9. The molecule has 1 atom stereocenters. The van der Waals surface area contributed by atoms with Crippen LogP contribution in [-0.4, -0.2) is 4.98 Å². The minimum absolute atomic E-state index is 0.278. The molecular formula is C12H12BrFN2S. The van der Waals surface area contributed by atoms with E-state index in [2.05, 4.69) is 20.9 Å². The first-order chi connectivity index (χ1) is 7.99. The molecule has 17 heavy (non-hydrogen) atoms. The van der Waals surface area contributed by atoms with Crippen LogP contribution in [0.25, 0.3) is 0 Å². The van der Waals surface area contributed by atoms with Crippen LogP contribution in [0.4, 0.5) is 4.39 Å². The first-order valence-corrected chi connectivity index (χ1v) is 6.74. The maximum atomic E-state index is 13.0. The SMILES string of the molecule is Cc1nc(C(N)c2ccc(F)cc2Br)sc1C. The Hall–Kier alpha value is -0.780. The lowest BCUT2D eigenvalue weighted by Gasteiger charge is -2.11. The zero-order valence-electron chi connectivity index (χ0n) is 9.50. The molecule has 0 bridgehead atoms. The topological polar surface area (TPSA) is 38.9 Å². The molecule has 0 spiro atoms. The van der Waals surface area contributed by atoms with Gasteiger partial charge in [0.15, 0.2) is 0 Å². The van der Waals surface area contributed by atoms with E-state index < -0.39 is 0 Å². The summed E-state index contributed by atoms with van der Waals surface area (Å²) in [5.41, 5.74) is 7.99. The lowest BCUT2D eigenvalue weighted by molar-refractivity contribution is 0.625. The molecule has 0 radical (unpaired) electrons. The predicted molar refractivity (Wildman–Crippen MR) is 71.7 cm³/mol. The van der Waals surface area contributed by atoms with Crippen molar-refractivity contribution >= 4 is 27.3 Å². The summed E-state index contributed by atoms with van der Waals surface area (Å²) >= 11 is 4.91. The number of hydrogen-bond acceptors (Lipinski definition) is 3. The standard InChI is InChI=1S/C12H12BrFN2S/c1-6-7(2)17-12(16-6)11(15)9-4-3-8(14)5-10(9)13/h3-5,11H,15H2,1-2H3. The Morgan fingerprint density at radius 2 is 2.12 bits per heavy atom. The van der Waals surface area contributed by atoms with Crippen LogP contribution in [0.3, 0.4) is 0 Å². The number of halogens is 2. The van der Waals surface area contributed by atoms with Gasteiger partial charge in [0.2, 0.25) is 0 Å². The van der Waals surface area contributed by atoms with Gasteiger partial charge >= 0.3 is 0 Å². The Bertz CT molecular complexity index is 534. The van der Waals surface area contributed by atoms with Crippen molar-refractivity contribution in [2.45, 2.75) is 19.9 Å². The third-order valence-corrected chi connectivity index (χ3v) is 4.45. The summed E-state index contributed by atoms with van der Waals surface area (Å²) in [5.74, 6) is -0.278. The lowest BCUT2D eigenvalue weighted by Crippen LogP contribution is -2.12. The first kappa shape index (κ1) is 12.7. The number of hydrogen-bond donors (Lipinski definition) is 1. The summed E-state index contributed by atoms with van der Waals surface area (Å²) < 4.78 is 13.7. The van der Waals surface area contributed by atoms with Gasteiger partial charge in [-0.3, -0.25) is 0 Å². The zero-order chi connectivity index (χ0) is 12.6. The highest BCUT2D eigenvalue weighted by molar-refractivity contribution is 9.10. The van der Waals surface area contributed by atoms with Crippen LogP contribution in [0, 0.1) is 19.7 Å². The number of rotatable bonds is 2. The highest BCUT2D eigenvalue weighted by Gasteiger charge is 2.17. The Kier molecular flexibility index (Phi) is 3.61. The van der Waals surface area contributed by atoms with Gasteiger partial charge in [-0.1, -0.05) is 22.0 Å². The van der Waals surface area contributed by atoms with Gasteiger partial charge in [0.05, 0.1) is 11.7 Å². The molecule has 90 valence electrons. The van der Waals surface area contributed by atoms with Crippen LogP contribution in [-0.2, 0) is 0 Å². The van der Waals surface area contributed by atoms with E-state index in [-0.39, 0.29) is 11.9 Å². The maximum absolute atomic E-state index is 13.0. The van der Waals surface area contributed by atoms with E-state index in [1.54, 1.807) is 17.4 Å². The quantitative estimate of drug-likeness (QED) is 0.917. The smallest absolute Gasteiger partial charge is 0.124 e. The van der Waals surface area contributed by atoms with E-state index in [0.717, 1.165) is 21.1 Å². The Morgan fingerprint density at radius 3 is 2.65 bits per heavy atom. The number of nitrogens with zero attached hydrogens (tertiary/aromatic N) is 1. The maximum Gasteiger partial charge on any atom is 0.124 e. The van der Waals surface area contributed by atoms with E-state index in [1.807, 2.05) is 13.8 Å². The minimum Gasteiger partial charge on any atom is -0.318 e. The molecule has 0 amide bonds. The second kappa shape index (κ2) is 4.84. The van der Waals surface area contributed by atoms with E-state index in [4.69, 9.17) is 5.73 Å². The van der Waals surface area contributed by atoms with E-state index in [0.29, 0.717) is 4.47 Å². The highest BCUT2D eigenvalue weighted by Crippen LogP contribution is 2.30. The van der Waals surface area contributed by atoms with Crippen molar-refractivity contribution in [3.8, 4) is 0 Å². The summed E-state index contributed by atoms with van der Waals surface area (Å²) in [6.45, 7) is 3.98. The number of aromatic nitrogens is 1. The van der Waals surface area contributed by atoms with Crippen LogP contribution >= 0.6 is 27.3 Å². The van der Waals surface area contributed by atoms with E-state index in [1.165, 1.54) is 12.1 Å². The molecule has 0 saturated heterocycles. The van der Waals surface area contributed by atoms with Crippen molar-refractivity contribution in [1.82, 2.24) is 4.98 Å². The molecule has 2 nitrogen and oxygen atoms in total. The molecule has 1 aromatic heterocycles. The number of nitrogens with two attached hydrogens (primary N) is 1. The minimum atomic E-state index is -0.317. The average Bonchev–Trinajstić information content (AvgIpc) is 2.58. The summed E-state index contributed by atoms with van der Waals surface area (Å²) in [7, 11) is 0. The third-order valence-electron chi connectivity index (χ3n) is 2.61. The van der Waals surface area contributed by atoms with E-state index >= 15 is 0 Å². The molecule has 0 saturated carbocycles. The molecule has 0 fully saturated rings. The van der Waals surface area contributed by atoms with E-state index in [9.17, 15) is 4.39 Å². The van der Waals surface area contributed by atoms with Crippen LogP contribution in [0.5, 0.6) is 0 Å². The van der Waals surface area contributed by atoms with Crippen LogP contribution in [0.15, 0.2) is 22.7 Å². The van der Waals surface area contributed by atoms with Gasteiger partial charge in [-0.25, -0.2) is 9.37 Å². The predicted octanol–water partition coefficient (Wildman–Crippen LogP) is 3.71. The molecule has 2 rings (SSSR count). The van der Waals surface area contributed by atoms with Gasteiger partial charge in [-0.15, -0.1) is 11.3 Å². The fourth-order valence-electron chi connectivity index (χ4n) is 1.52. The molecule has 1 unspecified atom stereocenters. The molecular weight excluding hydrogens is 303 g/mol. The first-order valence-electron chi connectivity index (χ1n) is 5.13. The van der Waals surface area contributed by atoms with Gasteiger partial charge in [0.1, 0.15) is 10.8 Å². The van der Waals surface area contributed by atoms with Crippen LogP contribution in [0.2, 0.25) is 0 Å². The van der Waals surface area contributed by atoms with Gasteiger partial charge in [0.25, 0.3) is 0 Å². The Labute approximate surface area is 112 Å². The largest absolute Gasteiger partial charge is 0.318 e. The third kappa shape index (κ3) is 2.56. The summed E-state index contributed by atoms with van der Waals surface area (Å²) in [5, 5.41) is 0.854. The monoisotopic (exact) mass is 314 g/mol. The molecule has 2 N–H and O–H groups in total. The number of benzene rings is 1. The molecule has 5 heteroatoms. The van der Waals surface area contributed by atoms with Crippen molar-refractivity contribution in [2.24, 2.45) is 5.73 Å². The van der Waals surface area contributed by atoms with Crippen molar-refractivity contribution in [2.75, 3.05) is 0 Å². The van der Waals surface area contributed by atoms with Gasteiger partial charge < -0.3 is 5.73 Å². The van der Waals surface area contributed by atoms with Gasteiger partial charge in [-0.05, 0) is 31.5 Å². The summed E-state index contributed by atoms with van der Waals surface area (Å²) in [6, 6.07) is 4.20. The van der Waals surface area contributed by atoms with Gasteiger partial charge in [-0.2, -0.15) is 0 Å². The second-order valence-electron chi connectivity index (χ2n) is 3.84. The fourth-order valence-corrected chi connectivity index (χ4v) is 3.06. The van der Waals surface area contributed by atoms with Crippen LogP contribution < -0.4 is 5.73 Å². The summed E-state index contributed by atoms with van der Waals surface area (Å²) in [4.78, 5) is 5.59. The van der Waals surface area contributed by atoms with Crippen molar-refractivity contribution in [3.63, 3.8) is 0 Å². The van der Waals surface area contributed by atoms with Crippen molar-refractivity contribution in [1.29, 1.82) is 0 Å². The van der Waals surface area contributed by atoms with Crippen molar-refractivity contribution < 1.29 is 4.39 Å². The molecule has 0 aliphatic carbocycles. The Morgan fingerprint density at radius 1 is 1.41 bits per heavy atom. The van der Waals surface area contributed by atoms with Gasteiger partial charge in [0, 0.05) is 9.35 Å². The lowest BCUT2D eigenvalue weighted by atomic mass is 10.1.